The van der Waals surface area contributed by atoms with Crippen LogP contribution in [-0.4, -0.2) is 17.1 Å². The summed E-state index contributed by atoms with van der Waals surface area (Å²) < 4.78 is 8.56. The Bertz CT molecular complexity index is 99.0. The second kappa shape index (κ2) is 9.59. The first-order chi connectivity index (χ1) is 4.48. The molecule has 4 N–H and O–H groups in total. The average Bonchev–Trinajstić information content (AvgIpc) is 1.89. The predicted molar refractivity (Wildman–Crippen MR) is 42.0 cm³/mol. The minimum atomic E-state index is -0.592. The van der Waals surface area contributed by atoms with Crippen molar-refractivity contribution in [3.63, 3.8) is 0 Å². The smallest absolute Gasteiger partial charge is 0.540 e. The van der Waals surface area contributed by atoms with E-state index in [0.29, 0.717) is 0 Å². The third-order valence-electron chi connectivity index (χ3n) is 0.888. The van der Waals surface area contributed by atoms with Crippen molar-refractivity contribution in [2.45, 2.75) is 24.6 Å². The van der Waals surface area contributed by atoms with E-state index in [9.17, 15) is 4.79 Å². The van der Waals surface area contributed by atoms with E-state index in [0.717, 1.165) is 0 Å². The van der Waals surface area contributed by atoms with Crippen LogP contribution in [0, 0.1) is 0 Å². The molecule has 62 valence electrons. The summed E-state index contributed by atoms with van der Waals surface area (Å²) in [6.07, 6.45) is 1.66. The molecule has 6 heteroatoms. The van der Waals surface area contributed by atoms with Crippen LogP contribution in [0.3, 0.4) is 0 Å². The minimum Gasteiger partial charge on any atom is -0.540 e. The normalized spacial score (nSPS) is 11.8. The van der Waals surface area contributed by atoms with Crippen LogP contribution in [0.5, 0.6) is 0 Å². The summed E-state index contributed by atoms with van der Waals surface area (Å²) in [5.74, 6) is 3.00. The van der Waals surface area contributed by atoms with E-state index in [1.165, 1.54) is 0 Å². The number of thiol groups is 1. The fourth-order valence-electron chi connectivity index (χ4n) is 0.144. The van der Waals surface area contributed by atoms with Crippen molar-refractivity contribution in [2.75, 3.05) is 0 Å². The van der Waals surface area contributed by atoms with Crippen molar-refractivity contribution in [3.05, 3.63) is 0 Å². The van der Waals surface area contributed by atoms with Crippen LogP contribution < -0.4 is 63.1 Å². The van der Waals surface area contributed by atoms with Crippen molar-refractivity contribution < 1.29 is 60.7 Å². The van der Waals surface area contributed by atoms with Crippen molar-refractivity contribution in [1.29, 1.82) is 0 Å². The van der Waals surface area contributed by atoms with Gasteiger partial charge in [0.05, 0.1) is 0 Å². The molecule has 11 heavy (non-hydrogen) atoms. The first kappa shape index (κ1) is 18.3. The molecule has 0 unspecified atom stereocenters. The number of hydrogen-bond acceptors (Lipinski definition) is 4. The molecule has 0 spiro atoms. The Morgan fingerprint density at radius 1 is 1.55 bits per heavy atom. The van der Waals surface area contributed by atoms with Crippen molar-refractivity contribution >= 4 is 18.9 Å². The van der Waals surface area contributed by atoms with Gasteiger partial charge in [0, 0.05) is 0 Å². The summed E-state index contributed by atoms with van der Waals surface area (Å²) in [4.78, 5) is 9.85. The maximum absolute atomic E-state index is 9.85. The second-order valence-corrected chi connectivity index (χ2v) is 3.40. The fraction of sp³-hybridized carbons (Fsp3) is 0.800. The number of carbonyl (C=O) groups excluding carboxylic acids is 1. The van der Waals surface area contributed by atoms with E-state index < -0.39 is 10.8 Å². The Hall–Kier alpha value is 1.51. The Morgan fingerprint density at radius 2 is 1.82 bits per heavy atom. The van der Waals surface area contributed by atoms with Gasteiger partial charge in [0.15, 0.2) is 0 Å². The van der Waals surface area contributed by atoms with Crippen LogP contribution in [0.15, 0.2) is 0 Å². The number of hydrogen-bond donors (Lipinski definition) is 3. The van der Waals surface area contributed by atoms with Crippen molar-refractivity contribution in [1.82, 2.24) is 0 Å². The molecule has 1 atom stereocenters. The predicted octanol–water partition coefficient (Wildman–Crippen LogP) is -3.03. The Labute approximate surface area is 114 Å². The molecule has 0 rings (SSSR count). The van der Waals surface area contributed by atoms with Gasteiger partial charge in [-0.05, 0) is 4.75 Å². The van der Waals surface area contributed by atoms with E-state index in [2.05, 4.69) is 18.6 Å². The minimum absolute atomic E-state index is 0. The maximum atomic E-state index is 9.85. The molecule has 0 radical (unpaired) electrons. The van der Waals surface area contributed by atoms with E-state index in [1.54, 1.807) is 20.1 Å². The monoisotopic (exact) mass is 206 g/mol. The van der Waals surface area contributed by atoms with E-state index in [-0.39, 0.29) is 51.4 Å². The molecule has 0 saturated heterocycles. The molecule has 0 aromatic rings. The maximum Gasteiger partial charge on any atom is 1.00 e. The Kier molecular flexibility index (Phi) is 16.0. The zero-order chi connectivity index (χ0) is 8.78. The molecule has 0 fully saturated rings. The van der Waals surface area contributed by atoms with E-state index >= 15 is 0 Å². The van der Waals surface area contributed by atoms with Gasteiger partial charge in [-0.1, -0.05) is 19.9 Å². The van der Waals surface area contributed by atoms with Crippen molar-refractivity contribution in [2.24, 2.45) is 11.7 Å². The molecule has 3 nitrogen and oxygen atoms in total. The SMILES string of the molecule is CC(C)(S)[C@H](N)[C-]=O.NF.[K+]. The summed E-state index contributed by atoms with van der Waals surface area (Å²) in [7, 11) is 0. The van der Waals surface area contributed by atoms with Crippen LogP contribution in [0.4, 0.5) is 4.48 Å². The zero-order valence-corrected chi connectivity index (χ0v) is 11.0. The van der Waals surface area contributed by atoms with Gasteiger partial charge in [-0.25, -0.2) is 6.29 Å². The third-order valence-corrected chi connectivity index (χ3v) is 1.17. The van der Waals surface area contributed by atoms with Gasteiger partial charge in [0.25, 0.3) is 0 Å². The average molecular weight is 206 g/mol. The first-order valence-corrected chi connectivity index (χ1v) is 3.00. The van der Waals surface area contributed by atoms with Crippen LogP contribution >= 0.6 is 12.6 Å². The molecule has 0 aliphatic heterocycles. The number of nitrogens with two attached hydrogens (primary N) is 2. The molecule has 0 aliphatic carbocycles. The molecule has 0 aliphatic rings. The number of rotatable bonds is 2. The summed E-state index contributed by atoms with van der Waals surface area (Å²) in [5.41, 5.74) is 5.25. The number of halogens is 1. The molecule has 0 saturated carbocycles. The van der Waals surface area contributed by atoms with Gasteiger partial charge in [-0.3, -0.25) is 0 Å². The Morgan fingerprint density at radius 3 is 1.82 bits per heavy atom. The van der Waals surface area contributed by atoms with Gasteiger partial charge in [0.2, 0.25) is 0 Å². The summed E-state index contributed by atoms with van der Waals surface area (Å²) in [6, 6.07) is -0.592. The van der Waals surface area contributed by atoms with Gasteiger partial charge in [-0.2, -0.15) is 18.6 Å². The molecule has 0 aromatic carbocycles. The van der Waals surface area contributed by atoms with Crippen LogP contribution in [0.2, 0.25) is 0 Å². The van der Waals surface area contributed by atoms with Crippen LogP contribution in [-0.2, 0) is 4.79 Å². The summed E-state index contributed by atoms with van der Waals surface area (Å²) in [5, 5.41) is 0. The molecule has 0 bridgehead atoms. The molecular weight excluding hydrogens is 194 g/mol. The largest absolute Gasteiger partial charge is 1.00 e. The first-order valence-electron chi connectivity index (χ1n) is 2.56. The van der Waals surface area contributed by atoms with E-state index in [1.807, 2.05) is 0 Å². The van der Waals surface area contributed by atoms with E-state index in [4.69, 9.17) is 10.2 Å². The van der Waals surface area contributed by atoms with Crippen molar-refractivity contribution in [3.8, 4) is 0 Å². The fourth-order valence-corrected chi connectivity index (χ4v) is 0.197. The van der Waals surface area contributed by atoms with Gasteiger partial charge in [-0.15, -0.1) is 4.48 Å². The second-order valence-electron chi connectivity index (χ2n) is 2.25. The quantitative estimate of drug-likeness (QED) is 0.195. The zero-order valence-electron chi connectivity index (χ0n) is 6.97. The summed E-state index contributed by atoms with van der Waals surface area (Å²) >= 11 is 4.04. The Balaban J connectivity index is -0.000000196. The van der Waals surface area contributed by atoms with Crippen LogP contribution in [0.1, 0.15) is 13.8 Å². The third kappa shape index (κ3) is 11.5. The van der Waals surface area contributed by atoms with Crippen LogP contribution in [0.25, 0.3) is 0 Å². The summed E-state index contributed by atoms with van der Waals surface area (Å²) in [6.45, 7) is 3.54. The van der Waals surface area contributed by atoms with Gasteiger partial charge < -0.3 is 10.5 Å². The molecule has 0 heterocycles. The van der Waals surface area contributed by atoms with Gasteiger partial charge in [0.1, 0.15) is 0 Å². The van der Waals surface area contributed by atoms with Gasteiger partial charge >= 0.3 is 51.4 Å². The molecule has 0 aromatic heterocycles. The molecule has 0 amide bonds. The standard InChI is InChI=1S/C5H10NOS.FH2N.K/c1-5(2,8)4(6)3-7;1-2;/h4,8H,6H2,1-2H3;2H2;/q-1;;+1/t4-;;/m1../s1. The molecular formula is C5H12FKN2OS. The topological polar surface area (TPSA) is 69.1 Å².